The standard InChI is InChI=1S/C10H19NO2S/c1-10(2)4-3-8(5-10)11-9-6-14(12,13)7-9/h8-9,11H,3-7H2,1-2H3. The molecule has 2 aliphatic rings. The molecule has 0 spiro atoms. The summed E-state index contributed by atoms with van der Waals surface area (Å²) in [4.78, 5) is 0. The fraction of sp³-hybridized carbons (Fsp3) is 1.00. The molecule has 1 aliphatic heterocycles. The van der Waals surface area contributed by atoms with Crippen molar-refractivity contribution in [3.05, 3.63) is 0 Å². The number of hydrogen-bond donors (Lipinski definition) is 1. The molecule has 0 amide bonds. The second-order valence-electron chi connectivity index (χ2n) is 5.54. The first kappa shape index (κ1) is 10.4. The summed E-state index contributed by atoms with van der Waals surface area (Å²) in [6.45, 7) is 4.57. The summed E-state index contributed by atoms with van der Waals surface area (Å²) in [5, 5.41) is 3.45. The van der Waals surface area contributed by atoms with Crippen LogP contribution >= 0.6 is 0 Å². The first-order valence-corrected chi connectivity index (χ1v) is 7.15. The molecule has 0 radical (unpaired) electrons. The fourth-order valence-corrected chi connectivity index (χ4v) is 3.89. The molecule has 82 valence electrons. The summed E-state index contributed by atoms with van der Waals surface area (Å²) < 4.78 is 21.9. The second kappa shape index (κ2) is 3.20. The van der Waals surface area contributed by atoms with Gasteiger partial charge in [0.2, 0.25) is 0 Å². The molecule has 4 heteroatoms. The number of rotatable bonds is 2. The molecule has 1 unspecified atom stereocenters. The van der Waals surface area contributed by atoms with Gasteiger partial charge in [0.05, 0.1) is 11.5 Å². The molecule has 1 saturated carbocycles. The monoisotopic (exact) mass is 217 g/mol. The van der Waals surface area contributed by atoms with Crippen LogP contribution in [-0.4, -0.2) is 32.0 Å². The Kier molecular flexibility index (Phi) is 2.39. The van der Waals surface area contributed by atoms with Crippen LogP contribution in [0.4, 0.5) is 0 Å². The molecule has 3 nitrogen and oxygen atoms in total. The molecule has 1 saturated heterocycles. The predicted molar refractivity (Wildman–Crippen MR) is 57.0 cm³/mol. The molecule has 0 bridgehead atoms. The molecule has 0 aromatic carbocycles. The predicted octanol–water partition coefficient (Wildman–Crippen LogP) is 0.952. The van der Waals surface area contributed by atoms with E-state index in [2.05, 4.69) is 19.2 Å². The van der Waals surface area contributed by atoms with Gasteiger partial charge in [-0.1, -0.05) is 13.8 Å². The van der Waals surface area contributed by atoms with E-state index in [1.807, 2.05) is 0 Å². The van der Waals surface area contributed by atoms with Crippen molar-refractivity contribution in [3.63, 3.8) is 0 Å². The van der Waals surface area contributed by atoms with Gasteiger partial charge in [0.15, 0.2) is 9.84 Å². The van der Waals surface area contributed by atoms with E-state index in [4.69, 9.17) is 0 Å². The molecular weight excluding hydrogens is 198 g/mol. The number of sulfone groups is 1. The smallest absolute Gasteiger partial charge is 0.153 e. The van der Waals surface area contributed by atoms with Crippen LogP contribution in [0.3, 0.4) is 0 Å². The first-order chi connectivity index (χ1) is 6.36. The molecule has 14 heavy (non-hydrogen) atoms. The van der Waals surface area contributed by atoms with E-state index in [9.17, 15) is 8.42 Å². The van der Waals surface area contributed by atoms with Crippen molar-refractivity contribution in [2.24, 2.45) is 5.41 Å². The Labute approximate surface area is 86.2 Å². The zero-order valence-electron chi connectivity index (χ0n) is 8.91. The summed E-state index contributed by atoms with van der Waals surface area (Å²) in [5.74, 6) is 0.702. The molecule has 2 fully saturated rings. The third kappa shape index (κ3) is 2.28. The lowest BCUT2D eigenvalue weighted by molar-refractivity contribution is 0.355. The van der Waals surface area contributed by atoms with Gasteiger partial charge >= 0.3 is 0 Å². The highest BCUT2D eigenvalue weighted by atomic mass is 32.2. The van der Waals surface area contributed by atoms with E-state index >= 15 is 0 Å². The van der Waals surface area contributed by atoms with E-state index in [0.717, 1.165) is 0 Å². The van der Waals surface area contributed by atoms with E-state index in [0.29, 0.717) is 23.0 Å². The lowest BCUT2D eigenvalue weighted by Crippen LogP contribution is -2.53. The maximum atomic E-state index is 11.0. The van der Waals surface area contributed by atoms with Crippen molar-refractivity contribution in [1.29, 1.82) is 0 Å². The highest BCUT2D eigenvalue weighted by Crippen LogP contribution is 2.37. The Morgan fingerprint density at radius 2 is 1.86 bits per heavy atom. The normalized spacial score (nSPS) is 35.4. The van der Waals surface area contributed by atoms with E-state index < -0.39 is 9.84 Å². The average molecular weight is 217 g/mol. The first-order valence-electron chi connectivity index (χ1n) is 5.33. The van der Waals surface area contributed by atoms with Crippen molar-refractivity contribution < 1.29 is 8.42 Å². The SMILES string of the molecule is CC1(C)CCC(NC2CS(=O)(=O)C2)C1. The van der Waals surface area contributed by atoms with Crippen LogP contribution in [0.15, 0.2) is 0 Å². The molecular formula is C10H19NO2S. The van der Waals surface area contributed by atoms with E-state index in [-0.39, 0.29) is 6.04 Å². The molecule has 1 atom stereocenters. The van der Waals surface area contributed by atoms with Crippen LogP contribution < -0.4 is 5.32 Å². The fourth-order valence-electron chi connectivity index (χ4n) is 2.57. The van der Waals surface area contributed by atoms with E-state index in [1.54, 1.807) is 0 Å². The highest BCUT2D eigenvalue weighted by Gasteiger charge is 2.37. The zero-order chi connectivity index (χ0) is 10.4. The summed E-state index contributed by atoms with van der Waals surface area (Å²) >= 11 is 0. The Balaban J connectivity index is 1.79. The lowest BCUT2D eigenvalue weighted by Gasteiger charge is -2.30. The zero-order valence-corrected chi connectivity index (χ0v) is 9.73. The molecule has 1 aliphatic carbocycles. The number of nitrogens with one attached hydrogen (secondary N) is 1. The molecule has 1 heterocycles. The molecule has 0 aromatic rings. The van der Waals surface area contributed by atoms with Crippen molar-refractivity contribution in [3.8, 4) is 0 Å². The van der Waals surface area contributed by atoms with Crippen molar-refractivity contribution in [2.75, 3.05) is 11.5 Å². The lowest BCUT2D eigenvalue weighted by atomic mass is 9.92. The molecule has 1 N–H and O–H groups in total. The minimum atomic E-state index is -2.66. The topological polar surface area (TPSA) is 46.2 Å². The van der Waals surface area contributed by atoms with Crippen molar-refractivity contribution in [1.82, 2.24) is 5.32 Å². The largest absolute Gasteiger partial charge is 0.309 e. The van der Waals surface area contributed by atoms with Crippen LogP contribution in [0.2, 0.25) is 0 Å². The minimum Gasteiger partial charge on any atom is -0.309 e. The van der Waals surface area contributed by atoms with Crippen molar-refractivity contribution >= 4 is 9.84 Å². The maximum Gasteiger partial charge on any atom is 0.153 e. The molecule has 2 rings (SSSR count). The van der Waals surface area contributed by atoms with Gasteiger partial charge in [-0.3, -0.25) is 0 Å². The maximum absolute atomic E-state index is 11.0. The van der Waals surface area contributed by atoms with Gasteiger partial charge in [0, 0.05) is 12.1 Å². The third-order valence-corrected chi connectivity index (χ3v) is 5.17. The summed E-state index contributed by atoms with van der Waals surface area (Å²) in [6, 6.07) is 0.782. The van der Waals surface area contributed by atoms with Gasteiger partial charge in [-0.05, 0) is 24.7 Å². The Bertz CT molecular complexity index is 309. The van der Waals surface area contributed by atoms with Crippen LogP contribution in [0, 0.1) is 5.41 Å². The summed E-state index contributed by atoms with van der Waals surface area (Å²) in [7, 11) is -2.66. The van der Waals surface area contributed by atoms with Crippen LogP contribution in [0.5, 0.6) is 0 Å². The van der Waals surface area contributed by atoms with Gasteiger partial charge in [-0.25, -0.2) is 8.42 Å². The summed E-state index contributed by atoms with van der Waals surface area (Å²) in [6.07, 6.45) is 3.64. The minimum absolute atomic E-state index is 0.235. The van der Waals surface area contributed by atoms with Crippen LogP contribution in [-0.2, 0) is 9.84 Å². The summed E-state index contributed by atoms with van der Waals surface area (Å²) in [5.41, 5.74) is 0.445. The van der Waals surface area contributed by atoms with Crippen LogP contribution in [0.25, 0.3) is 0 Å². The quantitative estimate of drug-likeness (QED) is 0.749. The van der Waals surface area contributed by atoms with Crippen molar-refractivity contribution in [2.45, 2.75) is 45.2 Å². The van der Waals surface area contributed by atoms with Gasteiger partial charge in [-0.15, -0.1) is 0 Å². The van der Waals surface area contributed by atoms with Gasteiger partial charge in [0.25, 0.3) is 0 Å². The Morgan fingerprint density at radius 3 is 2.29 bits per heavy atom. The van der Waals surface area contributed by atoms with Gasteiger partial charge in [0.1, 0.15) is 0 Å². The number of hydrogen-bond acceptors (Lipinski definition) is 3. The van der Waals surface area contributed by atoms with Gasteiger partial charge in [-0.2, -0.15) is 0 Å². The Hall–Kier alpha value is -0.0900. The van der Waals surface area contributed by atoms with E-state index in [1.165, 1.54) is 19.3 Å². The third-order valence-electron chi connectivity index (χ3n) is 3.35. The molecule has 0 aromatic heterocycles. The Morgan fingerprint density at radius 1 is 1.21 bits per heavy atom. The van der Waals surface area contributed by atoms with Gasteiger partial charge < -0.3 is 5.32 Å². The second-order valence-corrected chi connectivity index (χ2v) is 7.70. The van der Waals surface area contributed by atoms with Crippen LogP contribution in [0.1, 0.15) is 33.1 Å². The highest BCUT2D eigenvalue weighted by molar-refractivity contribution is 7.92. The average Bonchev–Trinajstić information content (AvgIpc) is 2.26.